The molecule has 0 saturated carbocycles. The Hall–Kier alpha value is -4.33. The second-order valence-electron chi connectivity index (χ2n) is 8.24. The maximum Gasteiger partial charge on any atom is 0.410 e. The number of hydrogen-bond acceptors (Lipinski definition) is 5. The summed E-state index contributed by atoms with van der Waals surface area (Å²) in [6, 6.07) is 14.7. The highest BCUT2D eigenvalue weighted by molar-refractivity contribution is 5.77. The van der Waals surface area contributed by atoms with E-state index in [4.69, 9.17) is 14.6 Å². The molecule has 0 atom stereocenters. The third kappa shape index (κ3) is 10.0. The molecule has 0 aliphatic carbocycles. The molecule has 0 saturated heterocycles. The predicted molar refractivity (Wildman–Crippen MR) is 143 cm³/mol. The van der Waals surface area contributed by atoms with Crippen LogP contribution in [0.2, 0.25) is 0 Å². The second kappa shape index (κ2) is 14.9. The molecule has 2 N–H and O–H groups in total. The fourth-order valence-corrected chi connectivity index (χ4v) is 3.44. The van der Waals surface area contributed by atoms with E-state index in [1.807, 2.05) is 50.3 Å². The number of nitrogens with one attached hydrogen (secondary N) is 1. The van der Waals surface area contributed by atoms with Crippen molar-refractivity contribution in [2.45, 2.75) is 33.8 Å². The number of carbonyl (C=O) groups excluding carboxylic acids is 2. The van der Waals surface area contributed by atoms with Crippen molar-refractivity contribution in [3.63, 3.8) is 0 Å². The van der Waals surface area contributed by atoms with E-state index in [-0.39, 0.29) is 18.9 Å². The van der Waals surface area contributed by atoms with Crippen LogP contribution < -0.4 is 10.1 Å². The van der Waals surface area contributed by atoms with Gasteiger partial charge in [0.15, 0.2) is 0 Å². The number of amides is 2. The topological polar surface area (TPSA) is 105 Å². The summed E-state index contributed by atoms with van der Waals surface area (Å²) in [5, 5.41) is 11.9. The average Bonchev–Trinajstić information content (AvgIpc) is 2.88. The zero-order valence-corrected chi connectivity index (χ0v) is 21.7. The monoisotopic (exact) mass is 506 g/mol. The van der Waals surface area contributed by atoms with Gasteiger partial charge in [-0.1, -0.05) is 48.6 Å². The van der Waals surface area contributed by atoms with Crippen LogP contribution >= 0.6 is 0 Å². The number of ether oxygens (including phenoxy) is 2. The van der Waals surface area contributed by atoms with Crippen molar-refractivity contribution in [2.75, 3.05) is 20.2 Å². The van der Waals surface area contributed by atoms with Gasteiger partial charge in [-0.05, 0) is 54.8 Å². The van der Waals surface area contributed by atoms with Gasteiger partial charge >= 0.3 is 12.1 Å². The Kier molecular flexibility index (Phi) is 11.7. The standard InChI is InChI=1S/C29H34N2O6/c1-5-31(29(35)37-20-23-10-7-6-8-11-23)17-9-12-25(30-22(3)32)15-13-21(2)26-18-24(19-28(33)34)14-16-27(26)36-4/h6-16,18H,5,17,19-20H2,1-4H3,(H,30,32)(H,33,34)/b12-9+,21-13+,25-15+. The molecule has 0 unspecified atom stereocenters. The highest BCUT2D eigenvalue weighted by atomic mass is 16.6. The molecule has 8 nitrogen and oxygen atoms in total. The van der Waals surface area contributed by atoms with E-state index >= 15 is 0 Å². The van der Waals surface area contributed by atoms with Crippen molar-refractivity contribution in [1.29, 1.82) is 0 Å². The molecule has 2 rings (SSSR count). The molecule has 0 bridgehead atoms. The lowest BCUT2D eigenvalue weighted by atomic mass is 10.0. The first-order chi connectivity index (χ1) is 17.7. The number of benzene rings is 2. The number of likely N-dealkylation sites (N-methyl/N-ethyl adjacent to an activating group) is 1. The molecule has 0 aromatic heterocycles. The summed E-state index contributed by atoms with van der Waals surface area (Å²) < 4.78 is 10.8. The molecule has 0 radical (unpaired) electrons. The van der Waals surface area contributed by atoms with E-state index in [2.05, 4.69) is 5.32 Å². The van der Waals surface area contributed by atoms with Crippen molar-refractivity contribution >= 4 is 23.5 Å². The van der Waals surface area contributed by atoms with Crippen LogP contribution in [0.1, 0.15) is 37.5 Å². The van der Waals surface area contributed by atoms with Crippen LogP contribution in [-0.2, 0) is 27.4 Å². The van der Waals surface area contributed by atoms with Crippen molar-refractivity contribution < 1.29 is 29.0 Å². The lowest BCUT2D eigenvalue weighted by Crippen LogP contribution is -2.31. The molecule has 0 aliphatic heterocycles. The number of carboxylic acids is 1. The first kappa shape index (κ1) is 28.9. The summed E-state index contributed by atoms with van der Waals surface area (Å²) in [4.78, 5) is 36.8. The van der Waals surface area contributed by atoms with E-state index in [1.54, 1.807) is 48.4 Å². The maximum absolute atomic E-state index is 12.5. The normalized spacial score (nSPS) is 11.8. The van der Waals surface area contributed by atoms with E-state index in [0.29, 0.717) is 30.1 Å². The number of nitrogens with zero attached hydrogens (tertiary/aromatic N) is 1. The minimum atomic E-state index is -0.916. The number of aliphatic carboxylic acids is 1. The van der Waals surface area contributed by atoms with Crippen LogP contribution in [0.3, 0.4) is 0 Å². The van der Waals surface area contributed by atoms with Crippen molar-refractivity contribution in [1.82, 2.24) is 10.2 Å². The lowest BCUT2D eigenvalue weighted by Gasteiger charge is -2.18. The first-order valence-electron chi connectivity index (χ1n) is 11.9. The van der Waals surface area contributed by atoms with Crippen LogP contribution in [0.15, 0.2) is 78.5 Å². The minimum Gasteiger partial charge on any atom is -0.496 e. The van der Waals surface area contributed by atoms with Crippen LogP contribution in [0.4, 0.5) is 4.79 Å². The lowest BCUT2D eigenvalue weighted by molar-refractivity contribution is -0.136. The first-order valence-corrected chi connectivity index (χ1v) is 11.9. The van der Waals surface area contributed by atoms with Gasteiger partial charge in [0.1, 0.15) is 12.4 Å². The van der Waals surface area contributed by atoms with Crippen LogP contribution in [0.25, 0.3) is 5.57 Å². The zero-order valence-electron chi connectivity index (χ0n) is 21.7. The molecule has 2 aromatic rings. The summed E-state index contributed by atoms with van der Waals surface area (Å²) in [5.74, 6) is -0.543. The summed E-state index contributed by atoms with van der Waals surface area (Å²) in [5.41, 5.74) is 3.66. The molecule has 37 heavy (non-hydrogen) atoms. The maximum atomic E-state index is 12.5. The molecule has 0 aliphatic rings. The third-order valence-corrected chi connectivity index (χ3v) is 5.35. The summed E-state index contributed by atoms with van der Waals surface area (Å²) in [7, 11) is 1.55. The van der Waals surface area contributed by atoms with E-state index in [1.165, 1.54) is 6.92 Å². The smallest absolute Gasteiger partial charge is 0.410 e. The largest absolute Gasteiger partial charge is 0.496 e. The Morgan fingerprint density at radius 3 is 2.38 bits per heavy atom. The van der Waals surface area contributed by atoms with E-state index < -0.39 is 12.1 Å². The van der Waals surface area contributed by atoms with Gasteiger partial charge in [-0.25, -0.2) is 4.79 Å². The van der Waals surface area contributed by atoms with Gasteiger partial charge in [-0.3, -0.25) is 9.59 Å². The van der Waals surface area contributed by atoms with Gasteiger partial charge in [-0.15, -0.1) is 0 Å². The molecule has 2 aromatic carbocycles. The van der Waals surface area contributed by atoms with Gasteiger partial charge in [0, 0.05) is 31.3 Å². The Balaban J connectivity index is 2.14. The third-order valence-electron chi connectivity index (χ3n) is 5.35. The number of carboxylic acid groups (broad SMARTS) is 1. The molecule has 0 spiro atoms. The van der Waals surface area contributed by atoms with Crippen LogP contribution in [0.5, 0.6) is 5.75 Å². The van der Waals surface area contributed by atoms with Gasteiger partial charge in [0.05, 0.1) is 13.5 Å². The minimum absolute atomic E-state index is 0.0955. The number of rotatable bonds is 12. The fourth-order valence-electron chi connectivity index (χ4n) is 3.44. The van der Waals surface area contributed by atoms with Crippen molar-refractivity contribution in [3.05, 3.63) is 95.2 Å². The highest BCUT2D eigenvalue weighted by Crippen LogP contribution is 2.27. The molecule has 0 heterocycles. The summed E-state index contributed by atoms with van der Waals surface area (Å²) in [6.45, 7) is 6.10. The summed E-state index contributed by atoms with van der Waals surface area (Å²) >= 11 is 0. The van der Waals surface area contributed by atoms with Gasteiger partial charge in [0.25, 0.3) is 0 Å². The van der Waals surface area contributed by atoms with E-state index in [9.17, 15) is 14.4 Å². The molecular formula is C29H34N2O6. The Morgan fingerprint density at radius 2 is 1.76 bits per heavy atom. The zero-order chi connectivity index (χ0) is 27.2. The molecule has 8 heteroatoms. The Morgan fingerprint density at radius 1 is 1.03 bits per heavy atom. The summed E-state index contributed by atoms with van der Waals surface area (Å²) in [6.07, 6.45) is 6.51. The number of carbonyl (C=O) groups is 3. The Bertz CT molecular complexity index is 1170. The van der Waals surface area contributed by atoms with Gasteiger partial charge < -0.3 is 24.8 Å². The predicted octanol–water partition coefficient (Wildman–Crippen LogP) is 4.96. The van der Waals surface area contributed by atoms with E-state index in [0.717, 1.165) is 16.7 Å². The van der Waals surface area contributed by atoms with Crippen LogP contribution in [0, 0.1) is 0 Å². The number of hydrogen-bond donors (Lipinski definition) is 2. The SMILES string of the molecule is CCN(C/C=C/C(=C\C=C(/C)c1cc(CC(=O)O)ccc1OC)NC(C)=O)C(=O)OCc1ccccc1. The van der Waals surface area contributed by atoms with Gasteiger partial charge in [0.2, 0.25) is 5.91 Å². The highest BCUT2D eigenvalue weighted by Gasteiger charge is 2.12. The molecule has 196 valence electrons. The molecule has 2 amide bonds. The Labute approximate surface area is 217 Å². The van der Waals surface area contributed by atoms with Crippen molar-refractivity contribution in [3.8, 4) is 5.75 Å². The molecule has 0 fully saturated rings. The number of allylic oxidation sites excluding steroid dienone is 4. The van der Waals surface area contributed by atoms with Crippen LogP contribution in [-0.4, -0.2) is 48.2 Å². The molecular weight excluding hydrogens is 472 g/mol. The number of methoxy groups -OCH3 is 1. The average molecular weight is 507 g/mol. The quantitative estimate of drug-likeness (QED) is 0.394. The second-order valence-corrected chi connectivity index (χ2v) is 8.24. The van der Waals surface area contributed by atoms with Gasteiger partial charge in [-0.2, -0.15) is 0 Å². The van der Waals surface area contributed by atoms with Crippen molar-refractivity contribution in [2.24, 2.45) is 0 Å². The fraction of sp³-hybridized carbons (Fsp3) is 0.276.